The molecule has 2 nitrogen and oxygen atoms in total. The number of hydrogen-bond acceptors (Lipinski definition) is 2. The molecule has 0 spiro atoms. The minimum absolute atomic E-state index is 0.123. The van der Waals surface area contributed by atoms with E-state index in [1.165, 1.54) is 22.3 Å². The third kappa shape index (κ3) is 3.12. The standard InChI is InChI=1S/C29H22O2/c1-29(2)27-15-23(21-7-3-19(17-30)4-8-21)11-13-25(27)26-14-12-24(16-28(26)29)22-9-5-20(18-31)6-10-22/h3-18H,1-2H3. The van der Waals surface area contributed by atoms with Crippen molar-refractivity contribution in [1.82, 2.24) is 0 Å². The molecule has 1 aliphatic carbocycles. The number of benzene rings is 4. The van der Waals surface area contributed by atoms with Gasteiger partial charge in [0.2, 0.25) is 0 Å². The lowest BCUT2D eigenvalue weighted by Gasteiger charge is -2.22. The quantitative estimate of drug-likeness (QED) is 0.346. The molecule has 0 saturated heterocycles. The first kappa shape index (κ1) is 19.2. The van der Waals surface area contributed by atoms with Crippen molar-refractivity contribution < 1.29 is 9.59 Å². The highest BCUT2D eigenvalue weighted by Crippen LogP contribution is 2.50. The van der Waals surface area contributed by atoms with Crippen molar-refractivity contribution in [3.63, 3.8) is 0 Å². The van der Waals surface area contributed by atoms with Gasteiger partial charge in [-0.3, -0.25) is 9.59 Å². The molecule has 0 bridgehead atoms. The van der Waals surface area contributed by atoms with Crippen LogP contribution in [-0.4, -0.2) is 12.6 Å². The smallest absolute Gasteiger partial charge is 0.150 e. The van der Waals surface area contributed by atoms with Crippen LogP contribution in [-0.2, 0) is 5.41 Å². The van der Waals surface area contributed by atoms with Crippen molar-refractivity contribution in [1.29, 1.82) is 0 Å². The van der Waals surface area contributed by atoms with Crippen LogP contribution in [0.15, 0.2) is 84.9 Å². The van der Waals surface area contributed by atoms with E-state index < -0.39 is 0 Å². The maximum absolute atomic E-state index is 11.0. The minimum atomic E-state index is -0.123. The van der Waals surface area contributed by atoms with Crippen LogP contribution in [0.5, 0.6) is 0 Å². The highest BCUT2D eigenvalue weighted by Gasteiger charge is 2.35. The Morgan fingerprint density at radius 3 is 1.23 bits per heavy atom. The Morgan fingerprint density at radius 2 is 0.871 bits per heavy atom. The fourth-order valence-corrected chi connectivity index (χ4v) is 4.60. The fourth-order valence-electron chi connectivity index (χ4n) is 4.60. The average molecular weight is 402 g/mol. The summed E-state index contributed by atoms with van der Waals surface area (Å²) in [5, 5.41) is 0. The molecule has 0 fully saturated rings. The molecule has 31 heavy (non-hydrogen) atoms. The van der Waals surface area contributed by atoms with Gasteiger partial charge in [-0.05, 0) is 56.6 Å². The van der Waals surface area contributed by atoms with Crippen molar-refractivity contribution in [3.8, 4) is 33.4 Å². The van der Waals surface area contributed by atoms with Gasteiger partial charge in [-0.2, -0.15) is 0 Å². The predicted octanol–water partition coefficient (Wildman–Crippen LogP) is 6.95. The molecule has 2 heteroatoms. The second-order valence-corrected chi connectivity index (χ2v) is 8.63. The Bertz CT molecular complexity index is 1210. The summed E-state index contributed by atoms with van der Waals surface area (Å²) in [4.78, 5) is 21.9. The predicted molar refractivity (Wildman–Crippen MR) is 126 cm³/mol. The Kier molecular flexibility index (Phi) is 4.44. The van der Waals surface area contributed by atoms with Crippen molar-refractivity contribution in [2.75, 3.05) is 0 Å². The first-order valence-corrected chi connectivity index (χ1v) is 10.4. The average Bonchev–Trinajstić information content (AvgIpc) is 3.05. The van der Waals surface area contributed by atoms with E-state index >= 15 is 0 Å². The van der Waals surface area contributed by atoms with E-state index in [2.05, 4.69) is 50.2 Å². The summed E-state index contributed by atoms with van der Waals surface area (Å²) in [5.41, 5.74) is 10.9. The second kappa shape index (κ2) is 7.17. The number of carbonyl (C=O) groups is 2. The molecular formula is C29H22O2. The van der Waals surface area contributed by atoms with Crippen LogP contribution in [0, 0.1) is 0 Å². The van der Waals surface area contributed by atoms with Crippen molar-refractivity contribution in [3.05, 3.63) is 107 Å². The zero-order valence-corrected chi connectivity index (χ0v) is 17.6. The maximum atomic E-state index is 11.0. The summed E-state index contributed by atoms with van der Waals surface area (Å²) in [7, 11) is 0. The molecule has 4 aromatic carbocycles. The van der Waals surface area contributed by atoms with Gasteiger partial charge in [0.25, 0.3) is 0 Å². The third-order valence-corrected chi connectivity index (χ3v) is 6.44. The number of hydrogen-bond donors (Lipinski definition) is 0. The molecule has 0 unspecified atom stereocenters. The van der Waals surface area contributed by atoms with Crippen LogP contribution in [0.4, 0.5) is 0 Å². The van der Waals surface area contributed by atoms with E-state index in [1.807, 2.05) is 48.5 Å². The van der Waals surface area contributed by atoms with Crippen LogP contribution < -0.4 is 0 Å². The van der Waals surface area contributed by atoms with E-state index in [4.69, 9.17) is 0 Å². The second-order valence-electron chi connectivity index (χ2n) is 8.63. The molecule has 0 N–H and O–H groups in total. The van der Waals surface area contributed by atoms with E-state index in [9.17, 15) is 9.59 Å². The molecule has 0 amide bonds. The maximum Gasteiger partial charge on any atom is 0.150 e. The molecule has 150 valence electrons. The summed E-state index contributed by atoms with van der Waals surface area (Å²) in [5.74, 6) is 0. The van der Waals surface area contributed by atoms with Gasteiger partial charge < -0.3 is 0 Å². The molecule has 4 aromatic rings. The van der Waals surface area contributed by atoms with E-state index in [0.29, 0.717) is 11.1 Å². The number of aldehydes is 2. The normalized spacial score (nSPS) is 13.4. The molecule has 0 aromatic heterocycles. The van der Waals surface area contributed by atoms with Crippen LogP contribution in [0.2, 0.25) is 0 Å². The summed E-state index contributed by atoms with van der Waals surface area (Å²) >= 11 is 0. The van der Waals surface area contributed by atoms with Crippen molar-refractivity contribution in [2.24, 2.45) is 0 Å². The van der Waals surface area contributed by atoms with Gasteiger partial charge in [0, 0.05) is 16.5 Å². The van der Waals surface area contributed by atoms with E-state index in [0.717, 1.165) is 34.8 Å². The van der Waals surface area contributed by atoms with Crippen molar-refractivity contribution in [2.45, 2.75) is 19.3 Å². The number of fused-ring (bicyclic) bond motifs is 3. The molecule has 0 atom stereocenters. The summed E-state index contributed by atoms with van der Waals surface area (Å²) in [6.45, 7) is 4.55. The van der Waals surface area contributed by atoms with Crippen molar-refractivity contribution >= 4 is 12.6 Å². The lowest BCUT2D eigenvalue weighted by molar-refractivity contribution is 0.111. The molecule has 5 rings (SSSR count). The number of rotatable bonds is 4. The molecule has 0 radical (unpaired) electrons. The third-order valence-electron chi connectivity index (χ3n) is 6.44. The van der Waals surface area contributed by atoms with Gasteiger partial charge in [-0.25, -0.2) is 0 Å². The topological polar surface area (TPSA) is 34.1 Å². The van der Waals surface area contributed by atoms with Crippen LogP contribution in [0.25, 0.3) is 33.4 Å². The highest BCUT2D eigenvalue weighted by molar-refractivity contribution is 5.86. The van der Waals surface area contributed by atoms with E-state index in [1.54, 1.807) is 0 Å². The van der Waals surface area contributed by atoms with Crippen LogP contribution >= 0.6 is 0 Å². The molecule has 0 heterocycles. The zero-order chi connectivity index (χ0) is 21.6. The fraction of sp³-hybridized carbons (Fsp3) is 0.103. The van der Waals surface area contributed by atoms with Gasteiger partial charge in [0.15, 0.2) is 0 Å². The van der Waals surface area contributed by atoms with Crippen LogP contribution in [0.1, 0.15) is 45.7 Å². The van der Waals surface area contributed by atoms with Gasteiger partial charge in [0.1, 0.15) is 12.6 Å². The highest BCUT2D eigenvalue weighted by atomic mass is 16.1. The zero-order valence-electron chi connectivity index (χ0n) is 17.6. The lowest BCUT2D eigenvalue weighted by Crippen LogP contribution is -2.15. The Labute approximate surface area is 182 Å². The molecule has 0 aliphatic heterocycles. The molecular weight excluding hydrogens is 380 g/mol. The SMILES string of the molecule is CC1(C)c2cc(-c3ccc(C=O)cc3)ccc2-c2ccc(-c3ccc(C=O)cc3)cc21. The van der Waals surface area contributed by atoms with E-state index in [-0.39, 0.29) is 5.41 Å². The minimum Gasteiger partial charge on any atom is -0.298 e. The first-order valence-electron chi connectivity index (χ1n) is 10.4. The van der Waals surface area contributed by atoms with Gasteiger partial charge in [0.05, 0.1) is 0 Å². The Balaban J connectivity index is 1.57. The van der Waals surface area contributed by atoms with Gasteiger partial charge in [-0.15, -0.1) is 0 Å². The first-order chi connectivity index (χ1) is 15.0. The number of carbonyl (C=O) groups excluding carboxylic acids is 2. The summed E-state index contributed by atoms with van der Waals surface area (Å²) in [6, 6.07) is 28.7. The monoisotopic (exact) mass is 402 g/mol. The van der Waals surface area contributed by atoms with Crippen LogP contribution in [0.3, 0.4) is 0 Å². The summed E-state index contributed by atoms with van der Waals surface area (Å²) in [6.07, 6.45) is 1.74. The largest absolute Gasteiger partial charge is 0.298 e. The van der Waals surface area contributed by atoms with Gasteiger partial charge in [-0.1, -0.05) is 86.6 Å². The van der Waals surface area contributed by atoms with Gasteiger partial charge >= 0.3 is 0 Å². The Hall–Kier alpha value is -3.78. The molecule has 0 saturated carbocycles. The lowest BCUT2D eigenvalue weighted by atomic mass is 9.81. The Morgan fingerprint density at radius 1 is 0.516 bits per heavy atom. The molecule has 1 aliphatic rings. The summed E-state index contributed by atoms with van der Waals surface area (Å²) < 4.78 is 0.